The number of primary amides is 1. The third kappa shape index (κ3) is 10.7. The van der Waals surface area contributed by atoms with Crippen molar-refractivity contribution in [2.75, 3.05) is 6.54 Å². The van der Waals surface area contributed by atoms with Crippen molar-refractivity contribution in [3.05, 3.63) is 35.9 Å². The molecule has 33 heavy (non-hydrogen) atoms. The van der Waals surface area contributed by atoms with Gasteiger partial charge in [0, 0.05) is 12.8 Å². The predicted octanol–water partition coefficient (Wildman–Crippen LogP) is -2.53. The van der Waals surface area contributed by atoms with Crippen LogP contribution in [0, 0.1) is 0 Å². The van der Waals surface area contributed by atoms with Gasteiger partial charge >= 0.3 is 11.9 Å². The van der Waals surface area contributed by atoms with Crippen LogP contribution >= 0.6 is 0 Å². The molecular formula is C20H27N5O8. The van der Waals surface area contributed by atoms with Crippen molar-refractivity contribution < 1.29 is 39.0 Å². The van der Waals surface area contributed by atoms with Crippen LogP contribution in [0.25, 0.3) is 0 Å². The zero-order valence-electron chi connectivity index (χ0n) is 17.7. The van der Waals surface area contributed by atoms with Gasteiger partial charge in [-0.3, -0.25) is 24.0 Å². The van der Waals surface area contributed by atoms with E-state index in [1.807, 2.05) is 0 Å². The molecular weight excluding hydrogens is 438 g/mol. The number of carbonyl (C=O) groups is 6. The monoisotopic (exact) mass is 465 g/mol. The van der Waals surface area contributed by atoms with Gasteiger partial charge in [0.2, 0.25) is 23.6 Å². The first-order valence-corrected chi connectivity index (χ1v) is 9.89. The summed E-state index contributed by atoms with van der Waals surface area (Å²) < 4.78 is 0. The Balaban J connectivity index is 2.71. The summed E-state index contributed by atoms with van der Waals surface area (Å²) in [5.41, 5.74) is 11.2. The normalized spacial score (nSPS) is 13.1. The first-order valence-electron chi connectivity index (χ1n) is 9.89. The van der Waals surface area contributed by atoms with E-state index < -0.39 is 66.7 Å². The zero-order valence-corrected chi connectivity index (χ0v) is 17.7. The second-order valence-electron chi connectivity index (χ2n) is 7.14. The Morgan fingerprint density at radius 3 is 2.09 bits per heavy atom. The second kappa shape index (κ2) is 13.4. The molecule has 13 nitrogen and oxygen atoms in total. The van der Waals surface area contributed by atoms with Crippen LogP contribution in [0.15, 0.2) is 30.3 Å². The van der Waals surface area contributed by atoms with Crippen molar-refractivity contribution >= 4 is 35.6 Å². The Morgan fingerprint density at radius 2 is 1.55 bits per heavy atom. The number of amides is 4. The molecule has 0 spiro atoms. The lowest BCUT2D eigenvalue weighted by Gasteiger charge is -2.21. The Hall–Kier alpha value is -4.00. The maximum Gasteiger partial charge on any atom is 0.326 e. The Kier molecular flexibility index (Phi) is 11.0. The van der Waals surface area contributed by atoms with Gasteiger partial charge < -0.3 is 37.6 Å². The van der Waals surface area contributed by atoms with Crippen LogP contribution in [-0.2, 0) is 35.2 Å². The molecule has 4 amide bonds. The number of carbonyl (C=O) groups excluding carboxylic acids is 4. The Bertz CT molecular complexity index is 876. The molecule has 0 aliphatic carbocycles. The average Bonchev–Trinajstić information content (AvgIpc) is 2.75. The molecule has 0 aliphatic heterocycles. The minimum absolute atomic E-state index is 0.0369. The number of hydrogen-bond donors (Lipinski definition) is 7. The average molecular weight is 465 g/mol. The van der Waals surface area contributed by atoms with E-state index in [9.17, 15) is 33.9 Å². The van der Waals surface area contributed by atoms with E-state index in [4.69, 9.17) is 16.6 Å². The maximum absolute atomic E-state index is 12.5. The Labute approximate surface area is 188 Å². The topological polar surface area (TPSA) is 231 Å². The van der Waals surface area contributed by atoms with Crippen LogP contribution in [-0.4, -0.2) is 70.5 Å². The summed E-state index contributed by atoms with van der Waals surface area (Å²) in [4.78, 5) is 69.9. The van der Waals surface area contributed by atoms with Crippen molar-refractivity contribution in [1.29, 1.82) is 0 Å². The first kappa shape index (κ1) is 27.0. The highest BCUT2D eigenvalue weighted by Crippen LogP contribution is 2.05. The van der Waals surface area contributed by atoms with Crippen LogP contribution in [0.5, 0.6) is 0 Å². The highest BCUT2D eigenvalue weighted by atomic mass is 16.4. The third-order valence-electron chi connectivity index (χ3n) is 4.39. The molecule has 3 atom stereocenters. The fourth-order valence-electron chi connectivity index (χ4n) is 2.68. The van der Waals surface area contributed by atoms with Crippen LogP contribution < -0.4 is 27.4 Å². The van der Waals surface area contributed by atoms with Crippen LogP contribution in [0.4, 0.5) is 0 Å². The fraction of sp³-hybridized carbons (Fsp3) is 0.400. The summed E-state index contributed by atoms with van der Waals surface area (Å²) >= 11 is 0. The first-order chi connectivity index (χ1) is 15.5. The van der Waals surface area contributed by atoms with Crippen molar-refractivity contribution in [3.8, 4) is 0 Å². The SMILES string of the molecule is NC(=O)CC[C@H](N)C(=O)NCC(=O)N[C@@H](CC(=O)O)C(=O)N[C@@H](Cc1ccccc1)C(=O)O. The van der Waals surface area contributed by atoms with Gasteiger partial charge in [0.05, 0.1) is 19.0 Å². The zero-order chi connectivity index (χ0) is 25.0. The minimum Gasteiger partial charge on any atom is -0.481 e. The van der Waals surface area contributed by atoms with Gasteiger partial charge in [-0.15, -0.1) is 0 Å². The van der Waals surface area contributed by atoms with Crippen molar-refractivity contribution in [2.45, 2.75) is 43.8 Å². The summed E-state index contributed by atoms with van der Waals surface area (Å²) in [6, 6.07) is 4.39. The molecule has 1 aromatic rings. The van der Waals surface area contributed by atoms with E-state index >= 15 is 0 Å². The van der Waals surface area contributed by atoms with Gasteiger partial charge in [-0.2, -0.15) is 0 Å². The molecule has 9 N–H and O–H groups in total. The maximum atomic E-state index is 12.5. The molecule has 180 valence electrons. The van der Waals surface area contributed by atoms with Crippen molar-refractivity contribution in [1.82, 2.24) is 16.0 Å². The van der Waals surface area contributed by atoms with E-state index in [0.29, 0.717) is 5.56 Å². The van der Waals surface area contributed by atoms with Gasteiger partial charge in [0.25, 0.3) is 0 Å². The lowest BCUT2D eigenvalue weighted by molar-refractivity contribution is -0.143. The number of nitrogens with two attached hydrogens (primary N) is 2. The van der Waals surface area contributed by atoms with Gasteiger partial charge in [0.15, 0.2) is 0 Å². The molecule has 0 radical (unpaired) electrons. The van der Waals surface area contributed by atoms with E-state index in [1.54, 1.807) is 30.3 Å². The van der Waals surface area contributed by atoms with Gasteiger partial charge in [0.1, 0.15) is 12.1 Å². The fourth-order valence-corrected chi connectivity index (χ4v) is 2.68. The van der Waals surface area contributed by atoms with Gasteiger partial charge in [-0.1, -0.05) is 30.3 Å². The van der Waals surface area contributed by atoms with Crippen LogP contribution in [0.3, 0.4) is 0 Å². The number of rotatable bonds is 14. The van der Waals surface area contributed by atoms with Crippen molar-refractivity contribution in [3.63, 3.8) is 0 Å². The minimum atomic E-state index is -1.59. The van der Waals surface area contributed by atoms with E-state index in [0.717, 1.165) is 0 Å². The van der Waals surface area contributed by atoms with E-state index in [-0.39, 0.29) is 19.3 Å². The quantitative estimate of drug-likeness (QED) is 0.153. The number of carboxylic acid groups (broad SMARTS) is 2. The number of aliphatic carboxylic acids is 2. The molecule has 13 heteroatoms. The number of nitrogens with one attached hydrogen (secondary N) is 3. The third-order valence-corrected chi connectivity index (χ3v) is 4.39. The highest BCUT2D eigenvalue weighted by molar-refractivity contribution is 5.94. The molecule has 0 saturated carbocycles. The number of benzene rings is 1. The van der Waals surface area contributed by atoms with Gasteiger partial charge in [-0.05, 0) is 12.0 Å². The molecule has 1 rings (SSSR count). The lowest BCUT2D eigenvalue weighted by Crippen LogP contribution is -2.54. The molecule has 0 aliphatic rings. The van der Waals surface area contributed by atoms with Crippen molar-refractivity contribution in [2.24, 2.45) is 11.5 Å². The largest absolute Gasteiger partial charge is 0.481 e. The molecule has 0 bridgehead atoms. The summed E-state index contributed by atoms with van der Waals surface area (Å²) in [6.07, 6.45) is -1.05. The molecule has 0 fully saturated rings. The smallest absolute Gasteiger partial charge is 0.326 e. The van der Waals surface area contributed by atoms with E-state index in [1.165, 1.54) is 0 Å². The van der Waals surface area contributed by atoms with Crippen LogP contribution in [0.1, 0.15) is 24.8 Å². The predicted molar refractivity (Wildman–Crippen MR) is 113 cm³/mol. The highest BCUT2D eigenvalue weighted by Gasteiger charge is 2.28. The van der Waals surface area contributed by atoms with E-state index in [2.05, 4.69) is 16.0 Å². The summed E-state index contributed by atoms with van der Waals surface area (Å²) in [5.74, 6) is -6.07. The summed E-state index contributed by atoms with van der Waals surface area (Å²) in [7, 11) is 0. The lowest BCUT2D eigenvalue weighted by atomic mass is 10.1. The second-order valence-corrected chi connectivity index (χ2v) is 7.14. The molecule has 0 heterocycles. The summed E-state index contributed by atoms with van der Waals surface area (Å²) in [5, 5.41) is 25.0. The standard InChI is InChI=1S/C20H27N5O8/c21-12(6-7-15(22)26)18(30)23-10-16(27)24-13(9-17(28)29)19(31)25-14(20(32)33)8-11-4-2-1-3-5-11/h1-5,12-14H,6-10,21H2,(H2,22,26)(H,23,30)(H,24,27)(H,25,31)(H,28,29)(H,32,33)/t12-,13-,14-/m0/s1. The molecule has 0 unspecified atom stereocenters. The van der Waals surface area contributed by atoms with Crippen LogP contribution in [0.2, 0.25) is 0 Å². The van der Waals surface area contributed by atoms with Gasteiger partial charge in [-0.25, -0.2) is 4.79 Å². The molecule has 1 aromatic carbocycles. The number of carboxylic acids is 2. The molecule has 0 aromatic heterocycles. The number of hydrogen-bond acceptors (Lipinski definition) is 7. The Morgan fingerprint density at radius 1 is 0.909 bits per heavy atom. The molecule has 0 saturated heterocycles. The summed E-state index contributed by atoms with van der Waals surface area (Å²) in [6.45, 7) is -0.626.